The maximum absolute atomic E-state index is 12.0. The van der Waals surface area contributed by atoms with Crippen molar-refractivity contribution in [3.8, 4) is 0 Å². The molecule has 100 valence electrons. The topological polar surface area (TPSA) is 43.4 Å². The smallest absolute Gasteiger partial charge is 0.375 e. The minimum atomic E-state index is -0.803. The Morgan fingerprint density at radius 3 is 2.42 bits per heavy atom. The summed E-state index contributed by atoms with van der Waals surface area (Å²) in [4.78, 5) is 23.5. The van der Waals surface area contributed by atoms with Gasteiger partial charge in [0.15, 0.2) is 0 Å². The van der Waals surface area contributed by atoms with Gasteiger partial charge in [-0.05, 0) is 18.4 Å². The second-order valence-electron chi connectivity index (χ2n) is 4.16. The molecule has 0 N–H and O–H groups in total. The second-order valence-corrected chi connectivity index (χ2v) is 4.16. The van der Waals surface area contributed by atoms with E-state index in [1.165, 1.54) is 6.08 Å². The third-order valence-corrected chi connectivity index (χ3v) is 2.68. The van der Waals surface area contributed by atoms with Crippen LogP contribution in [0, 0.1) is 5.92 Å². The summed E-state index contributed by atoms with van der Waals surface area (Å²) in [6, 6.07) is 9.57. The molecular formula is C16H18O3. The van der Waals surface area contributed by atoms with Crippen molar-refractivity contribution < 1.29 is 14.3 Å². The fraction of sp³-hybridized carbons (Fsp3) is 0.250. The first-order valence-corrected chi connectivity index (χ1v) is 6.15. The van der Waals surface area contributed by atoms with Crippen LogP contribution in [0.15, 0.2) is 55.6 Å². The van der Waals surface area contributed by atoms with Gasteiger partial charge in [-0.25, -0.2) is 4.79 Å². The van der Waals surface area contributed by atoms with Crippen LogP contribution in [-0.4, -0.2) is 18.4 Å². The first-order chi connectivity index (χ1) is 9.19. The molecule has 1 aromatic carbocycles. The Bertz CT molecular complexity index is 448. The standard InChI is InChI=1S/C16H18O3/c1-3-8-14(12-13-9-6-5-7-10-13)15(17)16(18)19-11-4-2/h3-7,9-10,14H,1-2,8,11-12H2. The first-order valence-electron chi connectivity index (χ1n) is 6.15. The molecule has 3 nitrogen and oxygen atoms in total. The quantitative estimate of drug-likeness (QED) is 0.409. The maximum Gasteiger partial charge on any atom is 0.375 e. The largest absolute Gasteiger partial charge is 0.456 e. The minimum absolute atomic E-state index is 0.0523. The highest BCUT2D eigenvalue weighted by molar-refractivity contribution is 6.34. The predicted molar refractivity (Wildman–Crippen MR) is 74.6 cm³/mol. The van der Waals surface area contributed by atoms with Gasteiger partial charge in [0.05, 0.1) is 0 Å². The van der Waals surface area contributed by atoms with Gasteiger partial charge in [-0.3, -0.25) is 4.79 Å². The molecule has 0 aliphatic rings. The van der Waals surface area contributed by atoms with Gasteiger partial charge in [-0.2, -0.15) is 0 Å². The molecule has 0 aliphatic heterocycles. The number of esters is 1. The summed E-state index contributed by atoms with van der Waals surface area (Å²) < 4.78 is 4.78. The Balaban J connectivity index is 2.71. The molecule has 3 heteroatoms. The van der Waals surface area contributed by atoms with Gasteiger partial charge in [0.1, 0.15) is 6.61 Å². The maximum atomic E-state index is 12.0. The zero-order valence-corrected chi connectivity index (χ0v) is 10.9. The Labute approximate surface area is 113 Å². The fourth-order valence-electron chi connectivity index (χ4n) is 1.76. The average molecular weight is 258 g/mol. The SMILES string of the molecule is C=CCOC(=O)C(=O)C(CC=C)Cc1ccccc1. The first kappa shape index (κ1) is 14.9. The van der Waals surface area contributed by atoms with Crippen LogP contribution < -0.4 is 0 Å². The molecule has 0 heterocycles. The molecule has 0 saturated heterocycles. The second kappa shape index (κ2) is 8.03. The lowest BCUT2D eigenvalue weighted by molar-refractivity contribution is -0.154. The summed E-state index contributed by atoms with van der Waals surface area (Å²) >= 11 is 0. The zero-order valence-electron chi connectivity index (χ0n) is 10.9. The van der Waals surface area contributed by atoms with Crippen LogP contribution in [0.3, 0.4) is 0 Å². The van der Waals surface area contributed by atoms with Gasteiger partial charge in [0, 0.05) is 5.92 Å². The van der Waals surface area contributed by atoms with Crippen molar-refractivity contribution in [1.82, 2.24) is 0 Å². The van der Waals surface area contributed by atoms with Crippen LogP contribution in [0.1, 0.15) is 12.0 Å². The van der Waals surface area contributed by atoms with E-state index in [0.717, 1.165) is 5.56 Å². The summed E-state index contributed by atoms with van der Waals surface area (Å²) in [5.74, 6) is -1.73. The molecule has 0 fully saturated rings. The van der Waals surface area contributed by atoms with Crippen molar-refractivity contribution in [2.24, 2.45) is 5.92 Å². The summed E-state index contributed by atoms with van der Waals surface area (Å²) in [6.07, 6.45) is 4.04. The van der Waals surface area contributed by atoms with E-state index < -0.39 is 17.7 Å². The number of rotatable bonds is 8. The molecule has 0 spiro atoms. The van der Waals surface area contributed by atoms with E-state index in [1.807, 2.05) is 30.3 Å². The number of carbonyl (C=O) groups is 2. The Kier molecular flexibility index (Phi) is 6.30. The van der Waals surface area contributed by atoms with E-state index in [1.54, 1.807) is 6.08 Å². The van der Waals surface area contributed by atoms with Crippen LogP contribution in [0.2, 0.25) is 0 Å². The van der Waals surface area contributed by atoms with Crippen LogP contribution in [0.5, 0.6) is 0 Å². The summed E-state index contributed by atoms with van der Waals surface area (Å²) in [5.41, 5.74) is 1.01. The molecule has 19 heavy (non-hydrogen) atoms. The summed E-state index contributed by atoms with van der Waals surface area (Å²) in [5, 5.41) is 0. The van der Waals surface area contributed by atoms with Gasteiger partial charge in [0.25, 0.3) is 0 Å². The summed E-state index contributed by atoms with van der Waals surface area (Å²) in [6.45, 7) is 7.11. The number of Topliss-reactive ketones (excluding diaryl/α,β-unsaturated/α-hetero) is 1. The summed E-state index contributed by atoms with van der Waals surface area (Å²) in [7, 11) is 0. The van der Waals surface area contributed by atoms with E-state index >= 15 is 0 Å². The molecule has 0 saturated carbocycles. The lowest BCUT2D eigenvalue weighted by atomic mass is 9.92. The van der Waals surface area contributed by atoms with Crippen LogP contribution in [0.25, 0.3) is 0 Å². The number of benzene rings is 1. The lowest BCUT2D eigenvalue weighted by Crippen LogP contribution is -2.27. The third-order valence-electron chi connectivity index (χ3n) is 2.68. The lowest BCUT2D eigenvalue weighted by Gasteiger charge is -2.13. The molecule has 0 amide bonds. The van der Waals surface area contributed by atoms with Gasteiger partial charge < -0.3 is 4.74 Å². The molecule has 0 aliphatic carbocycles. The Morgan fingerprint density at radius 2 is 1.84 bits per heavy atom. The van der Waals surface area contributed by atoms with E-state index in [0.29, 0.717) is 12.8 Å². The predicted octanol–water partition coefficient (Wildman–Crippen LogP) is 2.72. The molecule has 1 unspecified atom stereocenters. The highest BCUT2D eigenvalue weighted by Crippen LogP contribution is 2.14. The van der Waals surface area contributed by atoms with Gasteiger partial charge in [-0.15, -0.1) is 6.58 Å². The van der Waals surface area contributed by atoms with E-state index in [4.69, 9.17) is 4.74 Å². The molecule has 1 atom stereocenters. The van der Waals surface area contributed by atoms with Gasteiger partial charge in [0.2, 0.25) is 5.78 Å². The van der Waals surface area contributed by atoms with Crippen molar-refractivity contribution in [1.29, 1.82) is 0 Å². The normalized spacial score (nSPS) is 11.4. The van der Waals surface area contributed by atoms with Crippen molar-refractivity contribution in [3.63, 3.8) is 0 Å². The molecule has 0 bridgehead atoms. The van der Waals surface area contributed by atoms with E-state index in [9.17, 15) is 9.59 Å². The number of hydrogen-bond acceptors (Lipinski definition) is 3. The van der Waals surface area contributed by atoms with Crippen molar-refractivity contribution >= 4 is 11.8 Å². The molecule has 0 aromatic heterocycles. The molecule has 1 aromatic rings. The molecular weight excluding hydrogens is 240 g/mol. The molecule has 0 radical (unpaired) electrons. The molecule has 1 rings (SSSR count). The monoisotopic (exact) mass is 258 g/mol. The van der Waals surface area contributed by atoms with Crippen molar-refractivity contribution in [2.75, 3.05) is 6.61 Å². The Morgan fingerprint density at radius 1 is 1.16 bits per heavy atom. The van der Waals surface area contributed by atoms with E-state index in [2.05, 4.69) is 13.2 Å². The number of allylic oxidation sites excluding steroid dienone is 1. The van der Waals surface area contributed by atoms with Crippen molar-refractivity contribution in [2.45, 2.75) is 12.8 Å². The number of ether oxygens (including phenoxy) is 1. The fourth-order valence-corrected chi connectivity index (χ4v) is 1.76. The zero-order chi connectivity index (χ0) is 14.1. The Hall–Kier alpha value is -2.16. The van der Waals surface area contributed by atoms with Crippen LogP contribution >= 0.6 is 0 Å². The highest BCUT2D eigenvalue weighted by Gasteiger charge is 2.25. The number of hydrogen-bond donors (Lipinski definition) is 0. The highest BCUT2D eigenvalue weighted by atomic mass is 16.5. The minimum Gasteiger partial charge on any atom is -0.456 e. The van der Waals surface area contributed by atoms with Crippen LogP contribution in [-0.2, 0) is 20.7 Å². The van der Waals surface area contributed by atoms with Gasteiger partial charge in [-0.1, -0.05) is 49.1 Å². The third kappa shape index (κ3) is 4.92. The number of carbonyl (C=O) groups excluding carboxylic acids is 2. The number of ketones is 1. The average Bonchev–Trinajstić information content (AvgIpc) is 2.44. The van der Waals surface area contributed by atoms with Gasteiger partial charge >= 0.3 is 5.97 Å². The van der Waals surface area contributed by atoms with E-state index in [-0.39, 0.29) is 6.61 Å². The van der Waals surface area contributed by atoms with Crippen molar-refractivity contribution in [3.05, 3.63) is 61.2 Å². The van der Waals surface area contributed by atoms with Crippen LogP contribution in [0.4, 0.5) is 0 Å².